The van der Waals surface area contributed by atoms with E-state index < -0.39 is 5.82 Å². The average molecular weight is 338 g/mol. The van der Waals surface area contributed by atoms with Crippen LogP contribution in [0.2, 0.25) is 5.02 Å². The number of nitrogens with zero attached hydrogens (tertiary/aromatic N) is 2. The van der Waals surface area contributed by atoms with Crippen molar-refractivity contribution in [3.8, 4) is 5.75 Å². The summed E-state index contributed by atoms with van der Waals surface area (Å²) in [5.41, 5.74) is 6.69. The number of benzene rings is 2. The number of halogens is 2. The SMILES string of the molecule is NC(=NN=Cc1c(O)ccc(Cl)c1F)SCc1ccccc1. The first-order chi connectivity index (χ1) is 10.6. The van der Waals surface area contributed by atoms with Crippen molar-refractivity contribution in [2.75, 3.05) is 0 Å². The first-order valence-corrected chi connectivity index (χ1v) is 7.64. The standard InChI is InChI=1S/C15H13ClFN3OS/c16-12-6-7-13(21)11(14(12)17)8-19-20-15(18)22-9-10-4-2-1-3-5-10/h1-8,21H,9H2,(H2,18,20). The molecule has 0 aromatic heterocycles. The molecule has 114 valence electrons. The van der Waals surface area contributed by atoms with Crippen molar-refractivity contribution in [2.24, 2.45) is 15.9 Å². The summed E-state index contributed by atoms with van der Waals surface area (Å²) in [5, 5.41) is 17.1. The molecule has 0 spiro atoms. The molecule has 0 aliphatic rings. The third-order valence-corrected chi connectivity index (χ3v) is 3.83. The Bertz CT molecular complexity index is 707. The van der Waals surface area contributed by atoms with Gasteiger partial charge in [-0.05, 0) is 17.7 Å². The zero-order valence-corrected chi connectivity index (χ0v) is 13.0. The summed E-state index contributed by atoms with van der Waals surface area (Å²) in [6.45, 7) is 0. The molecule has 0 unspecified atom stereocenters. The highest BCUT2D eigenvalue weighted by Crippen LogP contribution is 2.24. The number of aromatic hydroxyl groups is 1. The highest BCUT2D eigenvalue weighted by Gasteiger charge is 2.09. The van der Waals surface area contributed by atoms with Gasteiger partial charge in [-0.3, -0.25) is 0 Å². The molecule has 22 heavy (non-hydrogen) atoms. The van der Waals surface area contributed by atoms with E-state index in [2.05, 4.69) is 10.2 Å². The van der Waals surface area contributed by atoms with Gasteiger partial charge in [-0.25, -0.2) is 4.39 Å². The Labute approximate surface area is 136 Å². The second-order valence-corrected chi connectivity index (χ2v) is 5.65. The van der Waals surface area contributed by atoms with Crippen molar-refractivity contribution in [3.05, 3.63) is 64.4 Å². The first-order valence-electron chi connectivity index (χ1n) is 6.28. The summed E-state index contributed by atoms with van der Waals surface area (Å²) in [5.74, 6) is -0.366. The van der Waals surface area contributed by atoms with E-state index in [0.29, 0.717) is 5.75 Å². The second-order valence-electron chi connectivity index (χ2n) is 4.25. The van der Waals surface area contributed by atoms with E-state index in [4.69, 9.17) is 17.3 Å². The molecule has 2 aromatic carbocycles. The zero-order valence-electron chi connectivity index (χ0n) is 11.4. The van der Waals surface area contributed by atoms with E-state index in [1.807, 2.05) is 30.3 Å². The molecule has 0 saturated heterocycles. The van der Waals surface area contributed by atoms with Crippen LogP contribution in [0.3, 0.4) is 0 Å². The molecule has 4 nitrogen and oxygen atoms in total. The Hall–Kier alpha value is -2.05. The number of phenols is 1. The molecule has 7 heteroatoms. The minimum absolute atomic E-state index is 0.102. The van der Waals surface area contributed by atoms with Crippen LogP contribution in [0.25, 0.3) is 0 Å². The van der Waals surface area contributed by atoms with Crippen LogP contribution in [-0.4, -0.2) is 16.5 Å². The molecule has 0 saturated carbocycles. The highest BCUT2D eigenvalue weighted by atomic mass is 35.5. The van der Waals surface area contributed by atoms with Crippen molar-refractivity contribution in [2.45, 2.75) is 5.75 Å². The minimum atomic E-state index is -0.754. The molecule has 0 aliphatic heterocycles. The number of hydrogen-bond donors (Lipinski definition) is 2. The number of thioether (sulfide) groups is 1. The zero-order chi connectivity index (χ0) is 15.9. The first kappa shape index (κ1) is 16.3. The number of hydrogen-bond acceptors (Lipinski definition) is 4. The van der Waals surface area contributed by atoms with Crippen LogP contribution in [0.15, 0.2) is 52.7 Å². The molecular weight excluding hydrogens is 325 g/mol. The lowest BCUT2D eigenvalue weighted by Crippen LogP contribution is -2.06. The molecule has 0 fully saturated rings. The Morgan fingerprint density at radius 1 is 1.27 bits per heavy atom. The van der Waals surface area contributed by atoms with Crippen LogP contribution in [0.5, 0.6) is 5.75 Å². The van der Waals surface area contributed by atoms with Crippen molar-refractivity contribution in [3.63, 3.8) is 0 Å². The number of rotatable bonds is 4. The average Bonchev–Trinajstić information content (AvgIpc) is 2.53. The number of phenolic OH excluding ortho intramolecular Hbond substituents is 1. The van der Waals surface area contributed by atoms with Gasteiger partial charge in [0.15, 0.2) is 11.0 Å². The Balaban J connectivity index is 2.00. The summed E-state index contributed by atoms with van der Waals surface area (Å²) in [4.78, 5) is 0. The summed E-state index contributed by atoms with van der Waals surface area (Å²) in [7, 11) is 0. The van der Waals surface area contributed by atoms with Gasteiger partial charge in [0.2, 0.25) is 0 Å². The van der Waals surface area contributed by atoms with Gasteiger partial charge in [-0.1, -0.05) is 53.7 Å². The Morgan fingerprint density at radius 3 is 2.73 bits per heavy atom. The predicted octanol–water partition coefficient (Wildman–Crippen LogP) is 3.77. The monoisotopic (exact) mass is 337 g/mol. The predicted molar refractivity (Wildman–Crippen MR) is 90.0 cm³/mol. The number of amidine groups is 1. The highest BCUT2D eigenvalue weighted by molar-refractivity contribution is 8.13. The fourth-order valence-corrected chi connectivity index (χ4v) is 2.36. The summed E-state index contributed by atoms with van der Waals surface area (Å²) in [6.07, 6.45) is 1.08. The normalized spacial score (nSPS) is 12.0. The molecule has 0 amide bonds. The van der Waals surface area contributed by atoms with Crippen molar-refractivity contribution in [1.29, 1.82) is 0 Å². The van der Waals surface area contributed by atoms with E-state index in [9.17, 15) is 9.50 Å². The van der Waals surface area contributed by atoms with Gasteiger partial charge in [0.05, 0.1) is 16.8 Å². The van der Waals surface area contributed by atoms with Crippen molar-refractivity contribution < 1.29 is 9.50 Å². The van der Waals surface area contributed by atoms with Crippen LogP contribution in [0, 0.1) is 5.82 Å². The number of nitrogens with two attached hydrogens (primary N) is 1. The minimum Gasteiger partial charge on any atom is -0.507 e. The van der Waals surface area contributed by atoms with Crippen LogP contribution < -0.4 is 5.73 Å². The van der Waals surface area contributed by atoms with Crippen molar-refractivity contribution >= 4 is 34.7 Å². The maximum Gasteiger partial charge on any atom is 0.180 e. The third kappa shape index (κ3) is 4.47. The molecular formula is C15H13ClFN3OS. The van der Waals surface area contributed by atoms with Crippen LogP contribution in [0.1, 0.15) is 11.1 Å². The van der Waals surface area contributed by atoms with Gasteiger partial charge in [0, 0.05) is 5.75 Å². The van der Waals surface area contributed by atoms with Gasteiger partial charge < -0.3 is 10.8 Å². The molecule has 2 rings (SSSR count). The lowest BCUT2D eigenvalue weighted by atomic mass is 10.2. The van der Waals surface area contributed by atoms with E-state index in [1.54, 1.807) is 0 Å². The molecule has 0 radical (unpaired) electrons. The van der Waals surface area contributed by atoms with E-state index >= 15 is 0 Å². The summed E-state index contributed by atoms with van der Waals surface area (Å²) >= 11 is 6.94. The lowest BCUT2D eigenvalue weighted by Gasteiger charge is -2.01. The molecule has 3 N–H and O–H groups in total. The summed E-state index contributed by atoms with van der Waals surface area (Å²) in [6, 6.07) is 12.3. The topological polar surface area (TPSA) is 71.0 Å². The van der Waals surface area contributed by atoms with Gasteiger partial charge in [-0.15, -0.1) is 5.10 Å². The van der Waals surface area contributed by atoms with Crippen LogP contribution in [-0.2, 0) is 5.75 Å². The third-order valence-electron chi connectivity index (χ3n) is 2.68. The maximum absolute atomic E-state index is 13.7. The molecule has 0 bridgehead atoms. The molecule has 2 aromatic rings. The second kappa shape index (κ2) is 7.82. The largest absolute Gasteiger partial charge is 0.507 e. The summed E-state index contributed by atoms with van der Waals surface area (Å²) < 4.78 is 13.7. The van der Waals surface area contributed by atoms with Gasteiger partial charge in [-0.2, -0.15) is 5.10 Å². The quantitative estimate of drug-likeness (QED) is 0.507. The molecule has 0 heterocycles. The lowest BCUT2D eigenvalue weighted by molar-refractivity contribution is 0.468. The van der Waals surface area contributed by atoms with Crippen LogP contribution in [0.4, 0.5) is 4.39 Å². The van der Waals surface area contributed by atoms with E-state index in [-0.39, 0.29) is 21.5 Å². The molecule has 0 atom stereocenters. The van der Waals surface area contributed by atoms with Crippen LogP contribution >= 0.6 is 23.4 Å². The van der Waals surface area contributed by atoms with Crippen molar-refractivity contribution in [1.82, 2.24) is 0 Å². The fourth-order valence-electron chi connectivity index (χ4n) is 1.58. The molecule has 0 aliphatic carbocycles. The Morgan fingerprint density at radius 2 is 2.00 bits per heavy atom. The van der Waals surface area contributed by atoms with Gasteiger partial charge >= 0.3 is 0 Å². The van der Waals surface area contributed by atoms with E-state index in [0.717, 1.165) is 11.8 Å². The van der Waals surface area contributed by atoms with Gasteiger partial charge in [0.1, 0.15) is 5.75 Å². The smallest absolute Gasteiger partial charge is 0.180 e. The Kier molecular flexibility index (Phi) is 5.80. The maximum atomic E-state index is 13.7. The van der Waals surface area contributed by atoms with E-state index in [1.165, 1.54) is 23.9 Å². The van der Waals surface area contributed by atoms with Gasteiger partial charge in [0.25, 0.3) is 0 Å². The fraction of sp³-hybridized carbons (Fsp3) is 0.0667.